The summed E-state index contributed by atoms with van der Waals surface area (Å²) in [5.41, 5.74) is 2.40. The van der Waals surface area contributed by atoms with Gasteiger partial charge in [0.2, 0.25) is 5.43 Å². The van der Waals surface area contributed by atoms with Crippen molar-refractivity contribution >= 4 is 11.0 Å². The van der Waals surface area contributed by atoms with E-state index in [1.54, 1.807) is 12.1 Å². The smallest absolute Gasteiger partial charge is 0.200 e. The fourth-order valence-corrected chi connectivity index (χ4v) is 2.59. The monoisotopic (exact) mass is 296 g/mol. The summed E-state index contributed by atoms with van der Waals surface area (Å²) in [6.45, 7) is 0.580. The molecule has 0 aliphatic carbocycles. The van der Waals surface area contributed by atoms with Crippen LogP contribution >= 0.6 is 0 Å². The van der Waals surface area contributed by atoms with E-state index in [4.69, 9.17) is 4.42 Å². The minimum Gasteiger partial charge on any atom is -0.507 e. The van der Waals surface area contributed by atoms with Gasteiger partial charge in [0.1, 0.15) is 24.1 Å². The van der Waals surface area contributed by atoms with Gasteiger partial charge in [0.05, 0.1) is 30.6 Å². The molecule has 0 fully saturated rings. The fourth-order valence-electron chi connectivity index (χ4n) is 2.59. The van der Waals surface area contributed by atoms with Gasteiger partial charge in [-0.2, -0.15) is 0 Å². The van der Waals surface area contributed by atoms with Gasteiger partial charge in [-0.05, 0) is 17.7 Å². The van der Waals surface area contributed by atoms with E-state index in [9.17, 15) is 9.90 Å². The number of rotatable bonds is 3. The molecule has 3 rings (SSSR count). The second kappa shape index (κ2) is 5.66. The number of nitrogens with one attached hydrogen (secondary N) is 1. The Morgan fingerprint density at radius 3 is 2.50 bits per heavy atom. The van der Waals surface area contributed by atoms with Crippen LogP contribution < -0.4 is 10.3 Å². The van der Waals surface area contributed by atoms with Crippen molar-refractivity contribution in [2.24, 2.45) is 0 Å². The van der Waals surface area contributed by atoms with Gasteiger partial charge in [-0.15, -0.1) is 0 Å². The predicted molar refractivity (Wildman–Crippen MR) is 86.1 cm³/mol. The van der Waals surface area contributed by atoms with Crippen molar-refractivity contribution in [1.29, 1.82) is 0 Å². The van der Waals surface area contributed by atoms with Gasteiger partial charge in [0.15, 0.2) is 0 Å². The Bertz CT molecular complexity index is 867. The van der Waals surface area contributed by atoms with Crippen molar-refractivity contribution in [3.05, 3.63) is 64.5 Å². The second-order valence-corrected chi connectivity index (χ2v) is 5.67. The maximum atomic E-state index is 12.7. The molecule has 0 aliphatic heterocycles. The van der Waals surface area contributed by atoms with Crippen LogP contribution in [0.25, 0.3) is 22.1 Å². The number of phenolic OH excluding ortho intramolecular Hbond substituents is 1. The molecule has 0 unspecified atom stereocenters. The summed E-state index contributed by atoms with van der Waals surface area (Å²) >= 11 is 0. The number of hydrogen-bond acceptors (Lipinski definition) is 3. The number of benzene rings is 2. The molecule has 0 amide bonds. The molecule has 22 heavy (non-hydrogen) atoms. The zero-order valence-corrected chi connectivity index (χ0v) is 12.6. The molecule has 0 saturated carbocycles. The molecule has 112 valence electrons. The van der Waals surface area contributed by atoms with Crippen molar-refractivity contribution in [2.75, 3.05) is 14.1 Å². The number of hydrogen-bond donors (Lipinski definition) is 2. The molecular weight excluding hydrogens is 278 g/mol. The van der Waals surface area contributed by atoms with E-state index >= 15 is 0 Å². The van der Waals surface area contributed by atoms with Crippen LogP contribution in [0.5, 0.6) is 5.75 Å². The summed E-state index contributed by atoms with van der Waals surface area (Å²) in [5, 5.41) is 10.6. The van der Waals surface area contributed by atoms with Gasteiger partial charge >= 0.3 is 0 Å². The highest BCUT2D eigenvalue weighted by molar-refractivity contribution is 5.85. The highest BCUT2D eigenvalue weighted by Crippen LogP contribution is 2.27. The average molecular weight is 296 g/mol. The number of fused-ring (bicyclic) bond motifs is 1. The normalized spacial score (nSPS) is 11.2. The number of phenols is 1. The highest BCUT2D eigenvalue weighted by Gasteiger charge is 2.16. The van der Waals surface area contributed by atoms with E-state index in [1.807, 2.05) is 44.4 Å². The molecule has 1 aromatic heterocycles. The van der Waals surface area contributed by atoms with Gasteiger partial charge in [-0.25, -0.2) is 0 Å². The Morgan fingerprint density at radius 1 is 1.09 bits per heavy atom. The quantitative estimate of drug-likeness (QED) is 0.775. The molecule has 0 aliphatic rings. The Balaban J connectivity index is 2.25. The molecule has 4 nitrogen and oxygen atoms in total. The first-order chi connectivity index (χ1) is 10.6. The maximum Gasteiger partial charge on any atom is 0.200 e. The molecule has 0 atom stereocenters. The van der Waals surface area contributed by atoms with Crippen LogP contribution in [0.1, 0.15) is 5.56 Å². The van der Waals surface area contributed by atoms with Crippen LogP contribution in [0.3, 0.4) is 0 Å². The van der Waals surface area contributed by atoms with Crippen LogP contribution in [-0.4, -0.2) is 19.2 Å². The lowest BCUT2D eigenvalue weighted by molar-refractivity contribution is -0.872. The van der Waals surface area contributed by atoms with Crippen LogP contribution in [0.2, 0.25) is 0 Å². The molecule has 1 heterocycles. The predicted octanol–water partition coefficient (Wildman–Crippen LogP) is 1.81. The van der Waals surface area contributed by atoms with Crippen LogP contribution in [0.15, 0.2) is 57.9 Å². The summed E-state index contributed by atoms with van der Waals surface area (Å²) in [4.78, 5) is 13.9. The minimum atomic E-state index is -0.0811. The van der Waals surface area contributed by atoms with Crippen LogP contribution in [0.4, 0.5) is 0 Å². The van der Waals surface area contributed by atoms with Crippen molar-refractivity contribution in [1.82, 2.24) is 0 Å². The maximum absolute atomic E-state index is 12.7. The van der Waals surface area contributed by atoms with Gasteiger partial charge in [0.25, 0.3) is 0 Å². The van der Waals surface area contributed by atoms with Crippen molar-refractivity contribution in [3.63, 3.8) is 0 Å². The fraction of sp³-hybridized carbons (Fsp3) is 0.167. The Morgan fingerprint density at radius 2 is 1.82 bits per heavy atom. The van der Waals surface area contributed by atoms with Crippen LogP contribution in [0, 0.1) is 0 Å². The molecule has 0 saturated heterocycles. The number of quaternary nitrogens is 1. The molecule has 4 heteroatoms. The third-order valence-electron chi connectivity index (χ3n) is 3.63. The van der Waals surface area contributed by atoms with Gasteiger partial charge in [0, 0.05) is 0 Å². The lowest BCUT2D eigenvalue weighted by Gasteiger charge is -2.11. The Labute approximate surface area is 128 Å². The standard InChI is InChI=1S/C18H17NO3/c1-19(2)10-14-16(20)9-8-13-17(21)15(11-22-18(13)14)12-6-4-3-5-7-12/h3-9,11,20H,10H2,1-2H3/p+1. The lowest BCUT2D eigenvalue weighted by atomic mass is 10.0. The Hall–Kier alpha value is -2.59. The Kier molecular flexibility index (Phi) is 3.69. The van der Waals surface area contributed by atoms with Crippen molar-refractivity contribution in [2.45, 2.75) is 6.54 Å². The first kappa shape index (κ1) is 14.4. The van der Waals surface area contributed by atoms with Gasteiger partial charge < -0.3 is 14.4 Å². The van der Waals surface area contributed by atoms with Crippen LogP contribution in [-0.2, 0) is 6.54 Å². The number of aromatic hydroxyl groups is 1. The molecule has 2 N–H and O–H groups in total. The molecule has 0 radical (unpaired) electrons. The molecule has 0 spiro atoms. The first-order valence-corrected chi connectivity index (χ1v) is 7.18. The third-order valence-corrected chi connectivity index (χ3v) is 3.63. The van der Waals surface area contributed by atoms with Gasteiger partial charge in [-0.3, -0.25) is 4.79 Å². The topological polar surface area (TPSA) is 54.9 Å². The van der Waals surface area contributed by atoms with E-state index in [2.05, 4.69) is 0 Å². The molecule has 0 bridgehead atoms. The lowest BCUT2D eigenvalue weighted by Crippen LogP contribution is -3.04. The third kappa shape index (κ3) is 2.49. The minimum absolute atomic E-state index is 0.0811. The summed E-state index contributed by atoms with van der Waals surface area (Å²) in [5.74, 6) is 0.157. The summed E-state index contributed by atoms with van der Waals surface area (Å²) in [6.07, 6.45) is 1.48. The largest absolute Gasteiger partial charge is 0.507 e. The van der Waals surface area contributed by atoms with Crippen molar-refractivity contribution in [3.8, 4) is 16.9 Å². The average Bonchev–Trinajstić information content (AvgIpc) is 2.51. The van der Waals surface area contributed by atoms with Gasteiger partial charge in [-0.1, -0.05) is 30.3 Å². The summed E-state index contributed by atoms with van der Waals surface area (Å²) in [7, 11) is 3.96. The zero-order chi connectivity index (χ0) is 15.7. The zero-order valence-electron chi connectivity index (χ0n) is 12.6. The molecule has 2 aromatic carbocycles. The molecule has 3 aromatic rings. The summed E-state index contributed by atoms with van der Waals surface area (Å²) in [6, 6.07) is 12.6. The van der Waals surface area contributed by atoms with Crippen molar-refractivity contribution < 1.29 is 14.4 Å². The van der Waals surface area contributed by atoms with E-state index < -0.39 is 0 Å². The van der Waals surface area contributed by atoms with E-state index in [1.165, 1.54) is 6.26 Å². The summed E-state index contributed by atoms with van der Waals surface area (Å²) < 4.78 is 5.72. The van der Waals surface area contributed by atoms with E-state index in [-0.39, 0.29) is 11.2 Å². The highest BCUT2D eigenvalue weighted by atomic mass is 16.3. The second-order valence-electron chi connectivity index (χ2n) is 5.67. The first-order valence-electron chi connectivity index (χ1n) is 7.18. The SMILES string of the molecule is C[NH+](C)Cc1c(O)ccc2c(=O)c(-c3ccccc3)coc12. The van der Waals surface area contributed by atoms with E-state index in [0.717, 1.165) is 10.5 Å². The van der Waals surface area contributed by atoms with E-state index in [0.29, 0.717) is 28.6 Å². The molecular formula is C18H18NO3+.